The van der Waals surface area contributed by atoms with Crippen LogP contribution in [0.15, 0.2) is 0 Å². The third-order valence-electron chi connectivity index (χ3n) is 3.87. The van der Waals surface area contributed by atoms with Crippen LogP contribution < -0.4 is 5.32 Å². The number of carbonyl (C=O) groups is 1. The molecule has 2 unspecified atom stereocenters. The number of ether oxygens (including phenoxy) is 2. The summed E-state index contributed by atoms with van der Waals surface area (Å²) in [6.07, 6.45) is 5.02. The number of carbonyl (C=O) groups excluding carboxylic acids is 1. The van der Waals surface area contributed by atoms with E-state index in [0.29, 0.717) is 19.3 Å². The number of hydrogen-bond donors (Lipinski definition) is 1. The molecule has 1 N–H and O–H groups in total. The zero-order chi connectivity index (χ0) is 13.5. The molecule has 110 valence electrons. The second-order valence-corrected chi connectivity index (χ2v) is 5.39. The zero-order valence-corrected chi connectivity index (χ0v) is 11.9. The van der Waals surface area contributed by atoms with Gasteiger partial charge < -0.3 is 19.7 Å². The molecule has 0 aromatic heterocycles. The Morgan fingerprint density at radius 2 is 2.16 bits per heavy atom. The molecule has 19 heavy (non-hydrogen) atoms. The fraction of sp³-hybridized carbons (Fsp3) is 0.929. The molecule has 1 amide bonds. The lowest BCUT2D eigenvalue weighted by molar-refractivity contribution is -0.137. The van der Waals surface area contributed by atoms with E-state index in [1.165, 1.54) is 12.8 Å². The van der Waals surface area contributed by atoms with Gasteiger partial charge in [0.1, 0.15) is 0 Å². The number of amides is 1. The Hall–Kier alpha value is -0.650. The summed E-state index contributed by atoms with van der Waals surface area (Å²) in [6, 6.07) is -0.0948. The second-order valence-electron chi connectivity index (χ2n) is 5.39. The normalized spacial score (nSPS) is 25.5. The summed E-state index contributed by atoms with van der Waals surface area (Å²) in [4.78, 5) is 14.0. The third-order valence-corrected chi connectivity index (χ3v) is 3.87. The summed E-state index contributed by atoms with van der Waals surface area (Å²) in [7, 11) is 0. The lowest BCUT2D eigenvalue weighted by Crippen LogP contribution is -2.49. The molecule has 5 heteroatoms. The molecule has 2 fully saturated rings. The van der Waals surface area contributed by atoms with Gasteiger partial charge in [0.2, 0.25) is 5.91 Å². The van der Waals surface area contributed by atoms with Crippen LogP contribution in [0.1, 0.15) is 32.6 Å². The quantitative estimate of drug-likeness (QED) is 0.725. The van der Waals surface area contributed by atoms with Crippen LogP contribution in [-0.4, -0.2) is 62.4 Å². The summed E-state index contributed by atoms with van der Waals surface area (Å²) in [5.41, 5.74) is 0. The van der Waals surface area contributed by atoms with Crippen LogP contribution in [0.25, 0.3) is 0 Å². The Kier molecular flexibility index (Phi) is 6.07. The first-order chi connectivity index (χ1) is 9.27. The SMILES string of the molecule is CC(NCCCC1CCCO1)C(=O)N1CCOCC1. The van der Waals surface area contributed by atoms with Gasteiger partial charge in [0, 0.05) is 19.7 Å². The van der Waals surface area contributed by atoms with Crippen LogP contribution in [0, 0.1) is 0 Å². The molecule has 0 bridgehead atoms. The van der Waals surface area contributed by atoms with Crippen LogP contribution in [0.3, 0.4) is 0 Å². The molecular formula is C14H26N2O3. The number of morpholine rings is 1. The summed E-state index contributed by atoms with van der Waals surface area (Å²) in [5.74, 6) is 0.195. The van der Waals surface area contributed by atoms with E-state index >= 15 is 0 Å². The fourth-order valence-electron chi connectivity index (χ4n) is 2.67. The van der Waals surface area contributed by atoms with E-state index in [-0.39, 0.29) is 11.9 Å². The van der Waals surface area contributed by atoms with E-state index in [0.717, 1.165) is 39.1 Å². The van der Waals surface area contributed by atoms with Crippen molar-refractivity contribution in [1.29, 1.82) is 0 Å². The molecule has 5 nitrogen and oxygen atoms in total. The average Bonchev–Trinajstić information content (AvgIpc) is 2.96. The Labute approximate surface area is 115 Å². The Morgan fingerprint density at radius 3 is 2.84 bits per heavy atom. The van der Waals surface area contributed by atoms with E-state index < -0.39 is 0 Å². The van der Waals surface area contributed by atoms with Crippen molar-refractivity contribution >= 4 is 5.91 Å². The molecule has 2 atom stereocenters. The van der Waals surface area contributed by atoms with Crippen molar-refractivity contribution in [2.75, 3.05) is 39.5 Å². The van der Waals surface area contributed by atoms with Gasteiger partial charge in [-0.2, -0.15) is 0 Å². The van der Waals surface area contributed by atoms with Gasteiger partial charge in [-0.25, -0.2) is 0 Å². The summed E-state index contributed by atoms with van der Waals surface area (Å²) in [5, 5.41) is 3.32. The largest absolute Gasteiger partial charge is 0.378 e. The van der Waals surface area contributed by atoms with Gasteiger partial charge in [-0.15, -0.1) is 0 Å². The van der Waals surface area contributed by atoms with Crippen LogP contribution in [-0.2, 0) is 14.3 Å². The smallest absolute Gasteiger partial charge is 0.239 e. The Bertz CT molecular complexity index is 274. The zero-order valence-electron chi connectivity index (χ0n) is 11.9. The monoisotopic (exact) mass is 270 g/mol. The molecule has 0 spiro atoms. The molecule has 0 aliphatic carbocycles. The van der Waals surface area contributed by atoms with Gasteiger partial charge in [-0.05, 0) is 39.2 Å². The van der Waals surface area contributed by atoms with Gasteiger partial charge in [-0.3, -0.25) is 4.79 Å². The number of nitrogens with one attached hydrogen (secondary N) is 1. The predicted molar refractivity (Wildman–Crippen MR) is 73.1 cm³/mol. The topological polar surface area (TPSA) is 50.8 Å². The van der Waals surface area contributed by atoms with Crippen molar-refractivity contribution in [3.8, 4) is 0 Å². The van der Waals surface area contributed by atoms with Crippen molar-refractivity contribution in [2.24, 2.45) is 0 Å². The standard InChI is InChI=1S/C14H26N2O3/c1-12(14(17)16-7-10-18-11-8-16)15-6-2-4-13-5-3-9-19-13/h12-13,15H,2-11H2,1H3. The van der Waals surface area contributed by atoms with Crippen LogP contribution in [0.5, 0.6) is 0 Å². The first-order valence-electron chi connectivity index (χ1n) is 7.49. The first-order valence-corrected chi connectivity index (χ1v) is 7.49. The average molecular weight is 270 g/mol. The van der Waals surface area contributed by atoms with E-state index in [1.54, 1.807) is 0 Å². The molecule has 2 aliphatic rings. The summed E-state index contributed by atoms with van der Waals surface area (Å²) >= 11 is 0. The summed E-state index contributed by atoms with van der Waals surface area (Å²) in [6.45, 7) is 6.53. The van der Waals surface area contributed by atoms with Crippen molar-refractivity contribution in [3.63, 3.8) is 0 Å². The highest BCUT2D eigenvalue weighted by molar-refractivity contribution is 5.81. The van der Waals surface area contributed by atoms with Gasteiger partial charge in [-0.1, -0.05) is 0 Å². The van der Waals surface area contributed by atoms with E-state index in [1.807, 2.05) is 11.8 Å². The highest BCUT2D eigenvalue weighted by Gasteiger charge is 2.22. The van der Waals surface area contributed by atoms with Gasteiger partial charge >= 0.3 is 0 Å². The van der Waals surface area contributed by atoms with Crippen molar-refractivity contribution < 1.29 is 14.3 Å². The first kappa shape index (κ1) is 14.8. The molecule has 2 heterocycles. The molecule has 0 aromatic carbocycles. The van der Waals surface area contributed by atoms with Crippen molar-refractivity contribution in [2.45, 2.75) is 44.8 Å². The van der Waals surface area contributed by atoms with Crippen LogP contribution in [0.2, 0.25) is 0 Å². The Balaban J connectivity index is 1.57. The number of hydrogen-bond acceptors (Lipinski definition) is 4. The highest BCUT2D eigenvalue weighted by Crippen LogP contribution is 2.16. The molecule has 0 radical (unpaired) electrons. The maximum Gasteiger partial charge on any atom is 0.239 e. The van der Waals surface area contributed by atoms with Crippen LogP contribution in [0.4, 0.5) is 0 Å². The minimum absolute atomic E-state index is 0.0948. The number of rotatable bonds is 6. The van der Waals surface area contributed by atoms with Gasteiger partial charge in [0.25, 0.3) is 0 Å². The second kappa shape index (κ2) is 7.82. The van der Waals surface area contributed by atoms with E-state index in [2.05, 4.69) is 5.32 Å². The molecule has 0 saturated carbocycles. The minimum atomic E-state index is -0.0948. The fourth-order valence-corrected chi connectivity index (χ4v) is 2.67. The number of nitrogens with zero attached hydrogens (tertiary/aromatic N) is 1. The minimum Gasteiger partial charge on any atom is -0.378 e. The van der Waals surface area contributed by atoms with Gasteiger partial charge in [0.05, 0.1) is 25.4 Å². The maximum absolute atomic E-state index is 12.1. The third kappa shape index (κ3) is 4.75. The Morgan fingerprint density at radius 1 is 1.37 bits per heavy atom. The lowest BCUT2D eigenvalue weighted by Gasteiger charge is -2.29. The van der Waals surface area contributed by atoms with Crippen molar-refractivity contribution in [1.82, 2.24) is 10.2 Å². The lowest BCUT2D eigenvalue weighted by atomic mass is 10.1. The highest BCUT2D eigenvalue weighted by atomic mass is 16.5. The molecule has 0 aromatic rings. The van der Waals surface area contributed by atoms with E-state index in [9.17, 15) is 4.79 Å². The van der Waals surface area contributed by atoms with Gasteiger partial charge in [0.15, 0.2) is 0 Å². The summed E-state index contributed by atoms with van der Waals surface area (Å²) < 4.78 is 10.8. The molecular weight excluding hydrogens is 244 g/mol. The molecule has 2 rings (SSSR count). The molecule has 2 saturated heterocycles. The molecule has 2 aliphatic heterocycles. The maximum atomic E-state index is 12.1. The van der Waals surface area contributed by atoms with Crippen molar-refractivity contribution in [3.05, 3.63) is 0 Å². The predicted octanol–water partition coefficient (Wildman–Crippen LogP) is 0.783. The van der Waals surface area contributed by atoms with E-state index in [4.69, 9.17) is 9.47 Å². The van der Waals surface area contributed by atoms with Crippen LogP contribution >= 0.6 is 0 Å².